The predicted molar refractivity (Wildman–Crippen MR) is 78.4 cm³/mol. The van der Waals surface area contributed by atoms with Gasteiger partial charge in [-0.3, -0.25) is 0 Å². The fourth-order valence-corrected chi connectivity index (χ4v) is 2.82. The van der Waals surface area contributed by atoms with Crippen molar-refractivity contribution in [1.82, 2.24) is 0 Å². The summed E-state index contributed by atoms with van der Waals surface area (Å²) in [7, 11) is -3.14. The van der Waals surface area contributed by atoms with E-state index in [1.165, 1.54) is 0 Å². The first-order valence-electron chi connectivity index (χ1n) is 6.62. The summed E-state index contributed by atoms with van der Waals surface area (Å²) in [6.45, 7) is 6.71. The second-order valence-corrected chi connectivity index (χ2v) is 7.04. The summed E-state index contributed by atoms with van der Waals surface area (Å²) in [4.78, 5) is 2.52. The molecule has 0 unspecified atom stereocenters. The monoisotopic (exact) mass is 285 g/mol. The van der Waals surface area contributed by atoms with Crippen molar-refractivity contribution in [2.45, 2.75) is 38.1 Å². The van der Waals surface area contributed by atoms with Crippen LogP contribution in [0.15, 0.2) is 29.2 Å². The highest BCUT2D eigenvalue weighted by atomic mass is 32.2. The zero-order valence-electron chi connectivity index (χ0n) is 11.8. The van der Waals surface area contributed by atoms with E-state index in [1.807, 2.05) is 12.1 Å². The van der Waals surface area contributed by atoms with E-state index in [1.54, 1.807) is 19.1 Å². The maximum Gasteiger partial charge on any atom is 0.178 e. The average molecular weight is 285 g/mol. The first-order valence-corrected chi connectivity index (χ1v) is 8.28. The van der Waals surface area contributed by atoms with Crippen LogP contribution < -0.4 is 4.90 Å². The predicted octanol–water partition coefficient (Wildman–Crippen LogP) is 2.08. The second-order valence-electron chi connectivity index (χ2n) is 4.76. The standard InChI is InChI=1S/C14H23NO3S/c1-4-19(17,18)14-8-6-13(7-9-14)15(12(2)3)10-5-11-16/h6-9,12,16H,4-5,10-11H2,1-3H3. The van der Waals surface area contributed by atoms with Gasteiger partial charge in [-0.25, -0.2) is 8.42 Å². The van der Waals surface area contributed by atoms with Crippen molar-refractivity contribution < 1.29 is 13.5 Å². The molecule has 1 N–H and O–H groups in total. The van der Waals surface area contributed by atoms with E-state index in [0.717, 1.165) is 12.2 Å². The highest BCUT2D eigenvalue weighted by Crippen LogP contribution is 2.21. The molecule has 0 heterocycles. The maximum atomic E-state index is 11.7. The van der Waals surface area contributed by atoms with Crippen molar-refractivity contribution in [2.24, 2.45) is 0 Å². The molecule has 0 aliphatic rings. The van der Waals surface area contributed by atoms with Gasteiger partial charge >= 0.3 is 0 Å². The fraction of sp³-hybridized carbons (Fsp3) is 0.571. The van der Waals surface area contributed by atoms with Gasteiger partial charge in [-0.15, -0.1) is 0 Å². The molecule has 0 atom stereocenters. The largest absolute Gasteiger partial charge is 0.396 e. The van der Waals surface area contributed by atoms with E-state index < -0.39 is 9.84 Å². The van der Waals surface area contributed by atoms with Crippen molar-refractivity contribution in [3.63, 3.8) is 0 Å². The van der Waals surface area contributed by atoms with Crippen molar-refractivity contribution in [3.8, 4) is 0 Å². The highest BCUT2D eigenvalue weighted by Gasteiger charge is 2.14. The van der Waals surface area contributed by atoms with Crippen LogP contribution in [0.25, 0.3) is 0 Å². The van der Waals surface area contributed by atoms with Crippen LogP contribution in [-0.4, -0.2) is 38.5 Å². The van der Waals surface area contributed by atoms with Gasteiger partial charge in [-0.2, -0.15) is 0 Å². The number of hydrogen-bond donors (Lipinski definition) is 1. The Morgan fingerprint density at radius 2 is 1.79 bits per heavy atom. The van der Waals surface area contributed by atoms with Gasteiger partial charge in [-0.1, -0.05) is 6.92 Å². The smallest absolute Gasteiger partial charge is 0.178 e. The summed E-state index contributed by atoms with van der Waals surface area (Å²) in [6, 6.07) is 7.28. The fourth-order valence-electron chi connectivity index (χ4n) is 1.94. The summed E-state index contributed by atoms with van der Waals surface area (Å²) in [6.07, 6.45) is 0.702. The van der Waals surface area contributed by atoms with Gasteiger partial charge in [0.2, 0.25) is 0 Å². The lowest BCUT2D eigenvalue weighted by Gasteiger charge is -2.29. The number of hydrogen-bond acceptors (Lipinski definition) is 4. The summed E-state index contributed by atoms with van der Waals surface area (Å²) < 4.78 is 23.5. The number of rotatable bonds is 7. The molecular formula is C14H23NO3S. The molecule has 19 heavy (non-hydrogen) atoms. The number of benzene rings is 1. The zero-order chi connectivity index (χ0) is 14.5. The highest BCUT2D eigenvalue weighted by molar-refractivity contribution is 7.91. The van der Waals surface area contributed by atoms with Gasteiger partial charge in [0.1, 0.15) is 0 Å². The quantitative estimate of drug-likeness (QED) is 0.833. The molecule has 0 amide bonds. The summed E-state index contributed by atoms with van der Waals surface area (Å²) in [5.41, 5.74) is 0.985. The van der Waals surface area contributed by atoms with Crippen molar-refractivity contribution in [2.75, 3.05) is 23.8 Å². The summed E-state index contributed by atoms with van der Waals surface area (Å²) >= 11 is 0. The van der Waals surface area contributed by atoms with E-state index in [9.17, 15) is 8.42 Å². The Kier molecular flexibility index (Phi) is 5.82. The van der Waals surface area contributed by atoms with E-state index in [4.69, 9.17) is 5.11 Å². The summed E-state index contributed by atoms with van der Waals surface area (Å²) in [5, 5.41) is 8.92. The minimum Gasteiger partial charge on any atom is -0.396 e. The van der Waals surface area contributed by atoms with Crippen molar-refractivity contribution >= 4 is 15.5 Å². The van der Waals surface area contributed by atoms with Gasteiger partial charge in [-0.05, 0) is 44.5 Å². The molecule has 1 aromatic carbocycles. The van der Waals surface area contributed by atoms with Crippen LogP contribution in [-0.2, 0) is 9.84 Å². The molecule has 0 aromatic heterocycles. The first-order chi connectivity index (χ1) is 8.92. The molecule has 4 nitrogen and oxygen atoms in total. The van der Waals surface area contributed by atoms with Gasteiger partial charge in [0.25, 0.3) is 0 Å². The third-order valence-electron chi connectivity index (χ3n) is 3.09. The number of anilines is 1. The van der Waals surface area contributed by atoms with Gasteiger partial charge < -0.3 is 10.0 Å². The molecule has 1 aromatic rings. The minimum atomic E-state index is -3.14. The number of sulfone groups is 1. The molecule has 0 aliphatic heterocycles. The minimum absolute atomic E-state index is 0.116. The van der Waals surface area contributed by atoms with Crippen LogP contribution >= 0.6 is 0 Å². The molecular weight excluding hydrogens is 262 g/mol. The molecule has 0 spiro atoms. The van der Waals surface area contributed by atoms with Gasteiger partial charge in [0.05, 0.1) is 10.6 Å². The molecule has 0 aliphatic carbocycles. The first kappa shape index (κ1) is 16.0. The number of aliphatic hydroxyl groups excluding tert-OH is 1. The Bertz CT molecular complexity index is 480. The number of nitrogens with zero attached hydrogens (tertiary/aromatic N) is 1. The summed E-state index contributed by atoms with van der Waals surface area (Å²) in [5.74, 6) is 0.116. The molecule has 0 saturated heterocycles. The molecule has 0 saturated carbocycles. The maximum absolute atomic E-state index is 11.7. The third kappa shape index (κ3) is 4.21. The lowest BCUT2D eigenvalue weighted by Crippen LogP contribution is -2.32. The second kappa shape index (κ2) is 6.91. The molecule has 108 valence electrons. The van der Waals surface area contributed by atoms with Crippen LogP contribution in [0.5, 0.6) is 0 Å². The van der Waals surface area contributed by atoms with E-state index in [0.29, 0.717) is 17.4 Å². The molecule has 5 heteroatoms. The van der Waals surface area contributed by atoms with Crippen LogP contribution in [0, 0.1) is 0 Å². The van der Waals surface area contributed by atoms with Crippen LogP contribution in [0.3, 0.4) is 0 Å². The lowest BCUT2D eigenvalue weighted by atomic mass is 10.2. The molecule has 0 bridgehead atoms. The molecule has 0 fully saturated rings. The Labute approximate surface area is 116 Å². The van der Waals surface area contributed by atoms with E-state index in [-0.39, 0.29) is 12.4 Å². The normalized spacial score (nSPS) is 11.8. The Balaban J connectivity index is 2.95. The van der Waals surface area contributed by atoms with Gasteiger partial charge in [0.15, 0.2) is 9.84 Å². The lowest BCUT2D eigenvalue weighted by molar-refractivity contribution is 0.288. The van der Waals surface area contributed by atoms with E-state index >= 15 is 0 Å². The average Bonchev–Trinajstić information content (AvgIpc) is 2.39. The molecule has 0 radical (unpaired) electrons. The SMILES string of the molecule is CCS(=O)(=O)c1ccc(N(CCCO)C(C)C)cc1. The van der Waals surface area contributed by atoms with Crippen molar-refractivity contribution in [1.29, 1.82) is 0 Å². The topological polar surface area (TPSA) is 57.6 Å². The van der Waals surface area contributed by atoms with Gasteiger partial charge in [0, 0.05) is 24.9 Å². The third-order valence-corrected chi connectivity index (χ3v) is 4.84. The Hall–Kier alpha value is -1.07. The zero-order valence-corrected chi connectivity index (χ0v) is 12.7. The van der Waals surface area contributed by atoms with Crippen LogP contribution in [0.2, 0.25) is 0 Å². The van der Waals surface area contributed by atoms with Crippen LogP contribution in [0.4, 0.5) is 5.69 Å². The Morgan fingerprint density at radius 3 is 2.21 bits per heavy atom. The Morgan fingerprint density at radius 1 is 1.21 bits per heavy atom. The molecule has 1 rings (SSSR count). The van der Waals surface area contributed by atoms with E-state index in [2.05, 4.69) is 18.7 Å². The number of aliphatic hydroxyl groups is 1. The van der Waals surface area contributed by atoms with Crippen molar-refractivity contribution in [3.05, 3.63) is 24.3 Å². The van der Waals surface area contributed by atoms with Crippen LogP contribution in [0.1, 0.15) is 27.2 Å².